The SMILES string of the molecule is CCc1ccccc1Nc1nc(N)nc(CSc2nnc(-c3ccoc3C)n2C)n1. The van der Waals surface area contributed by atoms with Crippen molar-refractivity contribution in [3.8, 4) is 11.4 Å². The first-order valence-electron chi connectivity index (χ1n) is 9.47. The van der Waals surface area contributed by atoms with Crippen molar-refractivity contribution < 1.29 is 4.42 Å². The number of aromatic nitrogens is 6. The number of hydrogen-bond acceptors (Lipinski definition) is 9. The number of para-hydroxylation sites is 1. The van der Waals surface area contributed by atoms with Gasteiger partial charge in [-0.15, -0.1) is 10.2 Å². The second-order valence-electron chi connectivity index (χ2n) is 6.61. The lowest BCUT2D eigenvalue weighted by atomic mass is 10.1. The smallest absolute Gasteiger partial charge is 0.232 e. The van der Waals surface area contributed by atoms with Gasteiger partial charge < -0.3 is 20.0 Å². The highest BCUT2D eigenvalue weighted by Gasteiger charge is 2.16. The Kier molecular flexibility index (Phi) is 5.66. The van der Waals surface area contributed by atoms with Gasteiger partial charge in [0.1, 0.15) is 11.6 Å². The Balaban J connectivity index is 1.51. The van der Waals surface area contributed by atoms with E-state index < -0.39 is 0 Å². The molecule has 0 aliphatic rings. The fourth-order valence-corrected chi connectivity index (χ4v) is 3.82. The number of benzene rings is 1. The van der Waals surface area contributed by atoms with Crippen molar-refractivity contribution >= 4 is 29.3 Å². The second-order valence-corrected chi connectivity index (χ2v) is 7.56. The first-order valence-corrected chi connectivity index (χ1v) is 10.5. The van der Waals surface area contributed by atoms with Gasteiger partial charge in [0.05, 0.1) is 17.6 Å². The predicted molar refractivity (Wildman–Crippen MR) is 116 cm³/mol. The number of rotatable bonds is 7. The number of nitrogen functional groups attached to an aromatic ring is 1. The molecule has 0 bridgehead atoms. The molecule has 154 valence electrons. The van der Waals surface area contributed by atoms with Crippen LogP contribution in [0.3, 0.4) is 0 Å². The standard InChI is InChI=1S/C20H22N8OS/c1-4-13-7-5-6-8-15(13)22-19-24-16(23-18(21)25-19)11-30-20-27-26-17(28(20)3)14-9-10-29-12(14)2/h5-10H,4,11H2,1-3H3,(H3,21,22,23,24,25). The van der Waals surface area contributed by atoms with E-state index in [0.29, 0.717) is 17.5 Å². The maximum absolute atomic E-state index is 5.91. The minimum absolute atomic E-state index is 0.171. The summed E-state index contributed by atoms with van der Waals surface area (Å²) in [5.41, 5.74) is 8.96. The number of thioether (sulfide) groups is 1. The van der Waals surface area contributed by atoms with Crippen LogP contribution < -0.4 is 11.1 Å². The minimum Gasteiger partial charge on any atom is -0.469 e. The summed E-state index contributed by atoms with van der Waals surface area (Å²) in [5.74, 6) is 3.19. The van der Waals surface area contributed by atoms with Crippen LogP contribution >= 0.6 is 11.8 Å². The van der Waals surface area contributed by atoms with E-state index in [1.54, 1.807) is 6.26 Å². The Hall–Kier alpha value is -3.40. The molecule has 0 aliphatic heterocycles. The number of furan rings is 1. The molecule has 30 heavy (non-hydrogen) atoms. The van der Waals surface area contributed by atoms with Crippen molar-refractivity contribution in [3.63, 3.8) is 0 Å². The van der Waals surface area contributed by atoms with Gasteiger partial charge in [0.2, 0.25) is 11.9 Å². The van der Waals surface area contributed by atoms with E-state index in [1.807, 2.05) is 42.8 Å². The molecule has 0 radical (unpaired) electrons. The average molecular weight is 423 g/mol. The van der Waals surface area contributed by atoms with Gasteiger partial charge in [-0.25, -0.2) is 0 Å². The van der Waals surface area contributed by atoms with Crippen LogP contribution in [0.1, 0.15) is 24.1 Å². The maximum Gasteiger partial charge on any atom is 0.232 e. The molecule has 4 rings (SSSR count). The third kappa shape index (κ3) is 4.13. The summed E-state index contributed by atoms with van der Waals surface area (Å²) in [6.07, 6.45) is 2.54. The van der Waals surface area contributed by atoms with E-state index in [4.69, 9.17) is 10.2 Å². The highest BCUT2D eigenvalue weighted by Crippen LogP contribution is 2.27. The van der Waals surface area contributed by atoms with Gasteiger partial charge in [-0.1, -0.05) is 36.9 Å². The van der Waals surface area contributed by atoms with E-state index >= 15 is 0 Å². The van der Waals surface area contributed by atoms with Crippen LogP contribution in [0, 0.1) is 6.92 Å². The molecule has 1 aromatic carbocycles. The van der Waals surface area contributed by atoms with Crippen LogP contribution in [0.25, 0.3) is 11.4 Å². The van der Waals surface area contributed by atoms with Crippen molar-refractivity contribution in [2.24, 2.45) is 7.05 Å². The van der Waals surface area contributed by atoms with Crippen LogP contribution in [0.15, 0.2) is 46.2 Å². The molecular formula is C20H22N8OS. The monoisotopic (exact) mass is 422 g/mol. The highest BCUT2D eigenvalue weighted by molar-refractivity contribution is 7.98. The number of nitrogens with two attached hydrogens (primary N) is 1. The van der Waals surface area contributed by atoms with E-state index in [9.17, 15) is 0 Å². The van der Waals surface area contributed by atoms with Crippen molar-refractivity contribution in [2.75, 3.05) is 11.1 Å². The summed E-state index contributed by atoms with van der Waals surface area (Å²) in [5, 5.41) is 12.6. The molecule has 3 heterocycles. The normalized spacial score (nSPS) is 11.0. The van der Waals surface area contributed by atoms with Crippen molar-refractivity contribution in [1.82, 2.24) is 29.7 Å². The molecule has 10 heteroatoms. The van der Waals surface area contributed by atoms with Crippen molar-refractivity contribution in [1.29, 1.82) is 0 Å². The zero-order valence-corrected chi connectivity index (χ0v) is 17.8. The average Bonchev–Trinajstić information content (AvgIpc) is 3.31. The number of hydrogen-bond donors (Lipinski definition) is 2. The van der Waals surface area contributed by atoms with Crippen LogP contribution in [0.5, 0.6) is 0 Å². The first-order chi connectivity index (χ1) is 14.5. The lowest BCUT2D eigenvalue weighted by Crippen LogP contribution is -2.07. The van der Waals surface area contributed by atoms with Crippen molar-refractivity contribution in [3.05, 3.63) is 53.7 Å². The van der Waals surface area contributed by atoms with Crippen molar-refractivity contribution in [2.45, 2.75) is 31.2 Å². The first kappa shape index (κ1) is 19.9. The fraction of sp³-hybridized carbons (Fsp3) is 0.250. The molecule has 3 aromatic heterocycles. The summed E-state index contributed by atoms with van der Waals surface area (Å²) in [6, 6.07) is 9.92. The largest absolute Gasteiger partial charge is 0.469 e. The third-order valence-corrected chi connectivity index (χ3v) is 5.62. The minimum atomic E-state index is 0.171. The summed E-state index contributed by atoms with van der Waals surface area (Å²) in [7, 11) is 1.92. The number of aryl methyl sites for hydroxylation is 2. The van der Waals surface area contributed by atoms with Gasteiger partial charge >= 0.3 is 0 Å². The molecule has 0 amide bonds. The molecule has 0 unspecified atom stereocenters. The molecule has 4 aromatic rings. The number of nitrogens with zero attached hydrogens (tertiary/aromatic N) is 6. The molecule has 0 spiro atoms. The molecule has 3 N–H and O–H groups in total. The molecule has 0 aliphatic carbocycles. The van der Waals surface area contributed by atoms with Crippen LogP contribution in [0.4, 0.5) is 17.6 Å². The molecule has 0 saturated carbocycles. The van der Waals surface area contributed by atoms with E-state index in [-0.39, 0.29) is 5.95 Å². The van der Waals surface area contributed by atoms with Gasteiger partial charge in [-0.2, -0.15) is 15.0 Å². The van der Waals surface area contributed by atoms with Gasteiger partial charge in [0, 0.05) is 12.7 Å². The fourth-order valence-electron chi connectivity index (χ4n) is 3.05. The van der Waals surface area contributed by atoms with Crippen LogP contribution in [-0.2, 0) is 19.2 Å². The zero-order valence-electron chi connectivity index (χ0n) is 17.0. The highest BCUT2D eigenvalue weighted by atomic mass is 32.2. The number of anilines is 3. The van der Waals surface area contributed by atoms with Crippen LogP contribution in [0.2, 0.25) is 0 Å². The quantitative estimate of drug-likeness (QED) is 0.429. The molecule has 0 fully saturated rings. The Morgan fingerprint density at radius 1 is 1.13 bits per heavy atom. The lowest BCUT2D eigenvalue weighted by Gasteiger charge is -2.10. The Labute approximate surface area is 178 Å². The summed E-state index contributed by atoms with van der Waals surface area (Å²) >= 11 is 1.48. The van der Waals surface area contributed by atoms with Gasteiger partial charge in [0.25, 0.3) is 0 Å². The van der Waals surface area contributed by atoms with E-state index in [0.717, 1.165) is 34.4 Å². The second kappa shape index (κ2) is 8.54. The van der Waals surface area contributed by atoms with Gasteiger partial charge in [0.15, 0.2) is 11.0 Å². The Morgan fingerprint density at radius 3 is 2.73 bits per heavy atom. The number of nitrogens with one attached hydrogen (secondary N) is 1. The van der Waals surface area contributed by atoms with Gasteiger partial charge in [-0.3, -0.25) is 0 Å². The summed E-state index contributed by atoms with van der Waals surface area (Å²) in [6.45, 7) is 4.00. The molecule has 0 saturated heterocycles. The lowest BCUT2D eigenvalue weighted by molar-refractivity contribution is 0.534. The third-order valence-electron chi connectivity index (χ3n) is 4.61. The Morgan fingerprint density at radius 2 is 1.97 bits per heavy atom. The van der Waals surface area contributed by atoms with Gasteiger partial charge in [-0.05, 0) is 31.0 Å². The predicted octanol–water partition coefficient (Wildman–Crippen LogP) is 3.75. The molecule has 0 atom stereocenters. The zero-order chi connectivity index (χ0) is 21.1. The Bertz CT molecular complexity index is 1170. The molecular weight excluding hydrogens is 400 g/mol. The molecule has 9 nitrogen and oxygen atoms in total. The topological polar surface area (TPSA) is 121 Å². The summed E-state index contributed by atoms with van der Waals surface area (Å²) in [4.78, 5) is 13.0. The van der Waals surface area contributed by atoms with Crippen LogP contribution in [-0.4, -0.2) is 29.7 Å². The van der Waals surface area contributed by atoms with E-state index in [1.165, 1.54) is 17.3 Å². The maximum atomic E-state index is 5.91. The van der Waals surface area contributed by atoms with E-state index in [2.05, 4.69) is 43.5 Å². The summed E-state index contributed by atoms with van der Waals surface area (Å²) < 4.78 is 7.29.